The van der Waals surface area contributed by atoms with Crippen molar-refractivity contribution in [2.75, 3.05) is 6.61 Å². The van der Waals surface area contributed by atoms with Gasteiger partial charge in [0.05, 0.1) is 19.3 Å². The van der Waals surface area contributed by atoms with Crippen LogP contribution in [-0.2, 0) is 6.61 Å². The third-order valence-corrected chi connectivity index (χ3v) is 2.19. The summed E-state index contributed by atoms with van der Waals surface area (Å²) in [5.74, 6) is -0.374. The van der Waals surface area contributed by atoms with E-state index in [-0.39, 0.29) is 19.0 Å². The lowest BCUT2D eigenvalue weighted by Crippen LogP contribution is -2.17. The van der Waals surface area contributed by atoms with Crippen LogP contribution in [0.15, 0.2) is 12.1 Å². The number of aliphatic hydroxyl groups is 2. The van der Waals surface area contributed by atoms with Crippen molar-refractivity contribution in [3.05, 3.63) is 34.6 Å². The first-order chi connectivity index (χ1) is 6.60. The number of hydrogen-bond acceptors (Lipinski definition) is 3. The summed E-state index contributed by atoms with van der Waals surface area (Å²) < 4.78 is 13.2. The Balaban J connectivity index is 3.19. The molecule has 14 heavy (non-hydrogen) atoms. The van der Waals surface area contributed by atoms with E-state index in [9.17, 15) is 4.39 Å². The molecule has 4 N–H and O–H groups in total. The SMILES string of the molecule is Cc1cc(CO)c([C@@H](N)CO)cc1F. The molecule has 0 saturated carbocycles. The van der Waals surface area contributed by atoms with Gasteiger partial charge >= 0.3 is 0 Å². The second-order valence-corrected chi connectivity index (χ2v) is 3.25. The predicted octanol–water partition coefficient (Wildman–Crippen LogP) is 0.619. The first-order valence-corrected chi connectivity index (χ1v) is 4.36. The maximum Gasteiger partial charge on any atom is 0.126 e. The van der Waals surface area contributed by atoms with Crippen molar-refractivity contribution >= 4 is 0 Å². The minimum absolute atomic E-state index is 0.204. The van der Waals surface area contributed by atoms with E-state index in [0.29, 0.717) is 16.7 Å². The molecule has 1 aromatic carbocycles. The number of aryl methyl sites for hydroxylation is 1. The first kappa shape index (κ1) is 11.1. The van der Waals surface area contributed by atoms with Crippen LogP contribution in [0.4, 0.5) is 4.39 Å². The topological polar surface area (TPSA) is 66.5 Å². The van der Waals surface area contributed by atoms with E-state index in [0.717, 1.165) is 0 Å². The highest BCUT2D eigenvalue weighted by molar-refractivity contribution is 5.34. The van der Waals surface area contributed by atoms with Gasteiger partial charge in [0.25, 0.3) is 0 Å². The summed E-state index contributed by atoms with van der Waals surface area (Å²) in [6, 6.07) is 2.16. The molecule has 0 aromatic heterocycles. The zero-order chi connectivity index (χ0) is 10.7. The van der Waals surface area contributed by atoms with Gasteiger partial charge in [0, 0.05) is 0 Å². The van der Waals surface area contributed by atoms with Crippen LogP contribution >= 0.6 is 0 Å². The van der Waals surface area contributed by atoms with Crippen LogP contribution in [0.2, 0.25) is 0 Å². The predicted molar refractivity (Wildman–Crippen MR) is 51.1 cm³/mol. The van der Waals surface area contributed by atoms with Crippen LogP contribution in [0.25, 0.3) is 0 Å². The van der Waals surface area contributed by atoms with E-state index in [1.165, 1.54) is 6.07 Å². The van der Waals surface area contributed by atoms with Gasteiger partial charge in [-0.3, -0.25) is 0 Å². The number of hydrogen-bond donors (Lipinski definition) is 3. The Hall–Kier alpha value is -0.970. The molecule has 0 amide bonds. The second-order valence-electron chi connectivity index (χ2n) is 3.25. The molecule has 0 radical (unpaired) electrons. The highest BCUT2D eigenvalue weighted by Crippen LogP contribution is 2.20. The van der Waals surface area contributed by atoms with Gasteiger partial charge in [-0.05, 0) is 29.7 Å². The van der Waals surface area contributed by atoms with Crippen LogP contribution < -0.4 is 5.73 Å². The fourth-order valence-corrected chi connectivity index (χ4v) is 1.34. The van der Waals surface area contributed by atoms with E-state index in [2.05, 4.69) is 0 Å². The van der Waals surface area contributed by atoms with Crippen molar-refractivity contribution in [2.45, 2.75) is 19.6 Å². The van der Waals surface area contributed by atoms with Crippen molar-refractivity contribution in [1.29, 1.82) is 0 Å². The van der Waals surface area contributed by atoms with Crippen LogP contribution in [0.5, 0.6) is 0 Å². The number of aliphatic hydroxyl groups excluding tert-OH is 2. The second kappa shape index (κ2) is 4.50. The van der Waals surface area contributed by atoms with Crippen molar-refractivity contribution in [2.24, 2.45) is 5.73 Å². The van der Waals surface area contributed by atoms with Crippen molar-refractivity contribution < 1.29 is 14.6 Å². The normalized spacial score (nSPS) is 12.9. The first-order valence-electron chi connectivity index (χ1n) is 4.36. The summed E-state index contributed by atoms with van der Waals surface area (Å²) in [6.45, 7) is 1.14. The number of benzene rings is 1. The van der Waals surface area contributed by atoms with Gasteiger partial charge in [-0.2, -0.15) is 0 Å². The van der Waals surface area contributed by atoms with Crippen molar-refractivity contribution in [3.63, 3.8) is 0 Å². The maximum absolute atomic E-state index is 13.2. The molecular weight excluding hydrogens is 185 g/mol. The summed E-state index contributed by atoms with van der Waals surface area (Å²) in [4.78, 5) is 0. The highest BCUT2D eigenvalue weighted by Gasteiger charge is 2.12. The Morgan fingerprint density at radius 2 is 2.07 bits per heavy atom. The van der Waals surface area contributed by atoms with Crippen LogP contribution in [0, 0.1) is 12.7 Å². The Kier molecular flexibility index (Phi) is 3.57. The van der Waals surface area contributed by atoms with E-state index in [1.807, 2.05) is 0 Å². The van der Waals surface area contributed by atoms with E-state index >= 15 is 0 Å². The number of halogens is 1. The third kappa shape index (κ3) is 2.09. The average molecular weight is 199 g/mol. The molecule has 1 rings (SSSR count). The molecule has 0 bridgehead atoms. The third-order valence-electron chi connectivity index (χ3n) is 2.19. The molecule has 0 aliphatic carbocycles. The minimum atomic E-state index is -0.646. The Labute approximate surface area is 82.0 Å². The number of nitrogens with two attached hydrogens (primary N) is 1. The van der Waals surface area contributed by atoms with Crippen LogP contribution in [0.3, 0.4) is 0 Å². The summed E-state index contributed by atoms with van der Waals surface area (Å²) in [7, 11) is 0. The van der Waals surface area contributed by atoms with Gasteiger partial charge in [-0.15, -0.1) is 0 Å². The molecular formula is C10H14FNO2. The molecule has 3 nitrogen and oxygen atoms in total. The van der Waals surface area contributed by atoms with Crippen molar-refractivity contribution in [1.82, 2.24) is 0 Å². The molecule has 0 unspecified atom stereocenters. The van der Waals surface area contributed by atoms with Crippen LogP contribution in [0.1, 0.15) is 22.7 Å². The van der Waals surface area contributed by atoms with Gasteiger partial charge in [0.2, 0.25) is 0 Å². The van der Waals surface area contributed by atoms with E-state index in [4.69, 9.17) is 15.9 Å². The lowest BCUT2D eigenvalue weighted by Gasteiger charge is -2.14. The van der Waals surface area contributed by atoms with Crippen LogP contribution in [-0.4, -0.2) is 16.8 Å². The molecule has 0 aliphatic heterocycles. The van der Waals surface area contributed by atoms with Crippen molar-refractivity contribution in [3.8, 4) is 0 Å². The Bertz CT molecular complexity index is 328. The van der Waals surface area contributed by atoms with Gasteiger partial charge in [0.15, 0.2) is 0 Å². The van der Waals surface area contributed by atoms with Gasteiger partial charge in [-0.1, -0.05) is 6.07 Å². The molecule has 0 saturated heterocycles. The van der Waals surface area contributed by atoms with E-state index < -0.39 is 6.04 Å². The zero-order valence-corrected chi connectivity index (χ0v) is 8.00. The fourth-order valence-electron chi connectivity index (χ4n) is 1.34. The maximum atomic E-state index is 13.2. The van der Waals surface area contributed by atoms with Gasteiger partial charge in [0.1, 0.15) is 5.82 Å². The fraction of sp³-hybridized carbons (Fsp3) is 0.400. The zero-order valence-electron chi connectivity index (χ0n) is 8.00. The summed E-state index contributed by atoms with van der Waals surface area (Å²) in [5.41, 5.74) is 7.04. The Morgan fingerprint density at radius 1 is 1.43 bits per heavy atom. The summed E-state index contributed by atoms with van der Waals surface area (Å²) in [5, 5.41) is 17.9. The molecule has 4 heteroatoms. The molecule has 0 fully saturated rings. The standard InChI is InChI=1S/C10H14FNO2/c1-6-2-7(4-13)8(3-9(6)11)10(12)5-14/h2-3,10,13-14H,4-5,12H2,1H3/t10-/m0/s1. The average Bonchev–Trinajstić information content (AvgIpc) is 2.20. The van der Waals surface area contributed by atoms with Gasteiger partial charge < -0.3 is 15.9 Å². The van der Waals surface area contributed by atoms with E-state index in [1.54, 1.807) is 13.0 Å². The summed E-state index contributed by atoms with van der Waals surface area (Å²) in [6.07, 6.45) is 0. The minimum Gasteiger partial charge on any atom is -0.394 e. The largest absolute Gasteiger partial charge is 0.394 e. The lowest BCUT2D eigenvalue weighted by molar-refractivity contribution is 0.258. The quantitative estimate of drug-likeness (QED) is 0.668. The number of rotatable bonds is 3. The monoisotopic (exact) mass is 199 g/mol. The summed E-state index contributed by atoms with van der Waals surface area (Å²) >= 11 is 0. The lowest BCUT2D eigenvalue weighted by atomic mass is 9.99. The Morgan fingerprint density at radius 3 is 2.57 bits per heavy atom. The molecule has 0 aliphatic rings. The smallest absolute Gasteiger partial charge is 0.126 e. The molecule has 1 atom stereocenters. The molecule has 78 valence electrons. The molecule has 1 aromatic rings. The molecule has 0 spiro atoms. The molecule has 0 heterocycles. The van der Waals surface area contributed by atoms with Gasteiger partial charge in [-0.25, -0.2) is 4.39 Å². The highest BCUT2D eigenvalue weighted by atomic mass is 19.1.